The van der Waals surface area contributed by atoms with Crippen LogP contribution in [0.2, 0.25) is 0 Å². The van der Waals surface area contributed by atoms with Crippen molar-refractivity contribution in [1.29, 1.82) is 0 Å². The van der Waals surface area contributed by atoms with Crippen molar-refractivity contribution in [3.63, 3.8) is 0 Å². The molecule has 0 radical (unpaired) electrons. The predicted octanol–water partition coefficient (Wildman–Crippen LogP) is 3.63. The summed E-state index contributed by atoms with van der Waals surface area (Å²) in [6.45, 7) is 8.65. The van der Waals surface area contributed by atoms with Gasteiger partial charge in [-0.05, 0) is 17.9 Å². The number of hydrogen-bond donors (Lipinski definition) is 1. The van der Waals surface area contributed by atoms with E-state index in [2.05, 4.69) is 65.4 Å². The first-order valence-corrected chi connectivity index (χ1v) is 7.44. The van der Waals surface area contributed by atoms with E-state index in [1.54, 1.807) is 4.52 Å². The molecular formula is C17H21N5. The van der Waals surface area contributed by atoms with Crippen molar-refractivity contribution in [2.75, 3.05) is 5.32 Å². The van der Waals surface area contributed by atoms with E-state index in [9.17, 15) is 0 Å². The molecule has 2 heterocycles. The molecule has 0 saturated carbocycles. The molecule has 1 N–H and O–H groups in total. The second-order valence-corrected chi connectivity index (χ2v) is 6.61. The molecule has 2 aromatic heterocycles. The Morgan fingerprint density at radius 2 is 1.86 bits per heavy atom. The molecule has 0 aliphatic heterocycles. The maximum Gasteiger partial charge on any atom is 0.254 e. The number of nitrogens with one attached hydrogen (secondary N) is 1. The van der Waals surface area contributed by atoms with Crippen LogP contribution in [0.25, 0.3) is 5.78 Å². The van der Waals surface area contributed by atoms with Crippen LogP contribution in [-0.2, 0) is 0 Å². The van der Waals surface area contributed by atoms with Crippen LogP contribution in [-0.4, -0.2) is 19.6 Å². The molecular weight excluding hydrogens is 274 g/mol. The number of rotatable bonds is 3. The molecule has 1 atom stereocenters. The summed E-state index contributed by atoms with van der Waals surface area (Å²) in [5.41, 5.74) is 2.22. The summed E-state index contributed by atoms with van der Waals surface area (Å²) in [7, 11) is 0. The third kappa shape index (κ3) is 2.79. The van der Waals surface area contributed by atoms with Crippen LogP contribution in [0, 0.1) is 12.3 Å². The number of hydrogen-bond acceptors (Lipinski definition) is 4. The van der Waals surface area contributed by atoms with Gasteiger partial charge in [-0.2, -0.15) is 14.6 Å². The predicted molar refractivity (Wildman–Crippen MR) is 87.8 cm³/mol. The van der Waals surface area contributed by atoms with Crippen molar-refractivity contribution < 1.29 is 0 Å². The summed E-state index contributed by atoms with van der Waals surface area (Å²) in [5, 5.41) is 7.89. The Labute approximate surface area is 130 Å². The quantitative estimate of drug-likeness (QED) is 0.801. The summed E-state index contributed by atoms with van der Waals surface area (Å²) in [6, 6.07) is 12.6. The standard InChI is InChI=1S/C17H21N5/c1-12-10-14(22-16(20-12)18-11-19-22)21-15(17(2,3)4)13-8-6-5-7-9-13/h5-11,15,21H,1-4H3. The molecule has 0 saturated heterocycles. The van der Waals surface area contributed by atoms with Crippen molar-refractivity contribution in [3.8, 4) is 0 Å². The number of aromatic nitrogens is 4. The molecule has 22 heavy (non-hydrogen) atoms. The van der Waals surface area contributed by atoms with Crippen LogP contribution < -0.4 is 5.32 Å². The van der Waals surface area contributed by atoms with Gasteiger partial charge in [0.2, 0.25) is 0 Å². The van der Waals surface area contributed by atoms with Crippen molar-refractivity contribution >= 4 is 11.6 Å². The van der Waals surface area contributed by atoms with E-state index in [-0.39, 0.29) is 11.5 Å². The molecule has 0 aliphatic rings. The van der Waals surface area contributed by atoms with Crippen molar-refractivity contribution in [1.82, 2.24) is 19.6 Å². The van der Waals surface area contributed by atoms with Crippen molar-refractivity contribution in [2.45, 2.75) is 33.7 Å². The zero-order valence-electron chi connectivity index (χ0n) is 13.4. The van der Waals surface area contributed by atoms with Crippen LogP contribution in [0.4, 0.5) is 5.82 Å². The minimum absolute atomic E-state index is 0.0471. The monoisotopic (exact) mass is 295 g/mol. The maximum atomic E-state index is 4.39. The van der Waals surface area contributed by atoms with Gasteiger partial charge in [0.1, 0.15) is 12.1 Å². The highest BCUT2D eigenvalue weighted by molar-refractivity contribution is 5.47. The lowest BCUT2D eigenvalue weighted by Gasteiger charge is -2.32. The first kappa shape index (κ1) is 14.5. The van der Waals surface area contributed by atoms with Gasteiger partial charge < -0.3 is 5.32 Å². The fourth-order valence-electron chi connectivity index (χ4n) is 2.63. The van der Waals surface area contributed by atoms with Gasteiger partial charge in [-0.1, -0.05) is 51.1 Å². The Morgan fingerprint density at radius 1 is 1.14 bits per heavy atom. The van der Waals surface area contributed by atoms with E-state index in [4.69, 9.17) is 0 Å². The van der Waals surface area contributed by atoms with E-state index in [0.29, 0.717) is 5.78 Å². The third-order valence-corrected chi connectivity index (χ3v) is 3.67. The molecule has 0 amide bonds. The van der Waals surface area contributed by atoms with E-state index in [0.717, 1.165) is 11.5 Å². The number of nitrogens with zero attached hydrogens (tertiary/aromatic N) is 4. The Hall–Kier alpha value is -2.43. The van der Waals surface area contributed by atoms with E-state index >= 15 is 0 Å². The van der Waals surface area contributed by atoms with Gasteiger partial charge in [-0.3, -0.25) is 0 Å². The van der Waals surface area contributed by atoms with Crippen LogP contribution in [0.1, 0.15) is 38.1 Å². The summed E-state index contributed by atoms with van der Waals surface area (Å²) in [6.07, 6.45) is 1.53. The van der Waals surface area contributed by atoms with Gasteiger partial charge in [-0.15, -0.1) is 0 Å². The molecule has 114 valence electrons. The Bertz CT molecular complexity index is 771. The SMILES string of the molecule is Cc1cc(NC(c2ccccc2)C(C)(C)C)n2ncnc2n1. The van der Waals surface area contributed by atoms with E-state index < -0.39 is 0 Å². The molecule has 0 spiro atoms. The summed E-state index contributed by atoms with van der Waals surface area (Å²) >= 11 is 0. The van der Waals surface area contributed by atoms with Gasteiger partial charge in [0, 0.05) is 11.8 Å². The molecule has 0 aliphatic carbocycles. The average Bonchev–Trinajstić information content (AvgIpc) is 2.92. The summed E-state index contributed by atoms with van der Waals surface area (Å²) < 4.78 is 1.74. The largest absolute Gasteiger partial charge is 0.363 e. The molecule has 0 bridgehead atoms. The fourth-order valence-corrected chi connectivity index (χ4v) is 2.63. The van der Waals surface area contributed by atoms with Gasteiger partial charge in [0.05, 0.1) is 6.04 Å². The number of anilines is 1. The smallest absolute Gasteiger partial charge is 0.254 e. The highest BCUT2D eigenvalue weighted by Crippen LogP contribution is 2.35. The second-order valence-electron chi connectivity index (χ2n) is 6.61. The average molecular weight is 295 g/mol. The van der Waals surface area contributed by atoms with Crippen LogP contribution in [0.3, 0.4) is 0 Å². The van der Waals surface area contributed by atoms with E-state index in [1.165, 1.54) is 11.9 Å². The van der Waals surface area contributed by atoms with Crippen molar-refractivity contribution in [3.05, 3.63) is 54.0 Å². The topological polar surface area (TPSA) is 55.1 Å². The minimum atomic E-state index is 0.0471. The Balaban J connectivity index is 2.05. The highest BCUT2D eigenvalue weighted by atomic mass is 15.4. The zero-order chi connectivity index (χ0) is 15.7. The fraction of sp³-hybridized carbons (Fsp3) is 0.353. The van der Waals surface area contributed by atoms with Crippen LogP contribution in [0.5, 0.6) is 0 Å². The highest BCUT2D eigenvalue weighted by Gasteiger charge is 2.27. The normalized spacial score (nSPS) is 13.3. The minimum Gasteiger partial charge on any atom is -0.363 e. The second kappa shape index (κ2) is 5.40. The van der Waals surface area contributed by atoms with Gasteiger partial charge in [0.25, 0.3) is 5.78 Å². The molecule has 5 heteroatoms. The van der Waals surface area contributed by atoms with Crippen molar-refractivity contribution in [2.24, 2.45) is 5.41 Å². The third-order valence-electron chi connectivity index (χ3n) is 3.67. The van der Waals surface area contributed by atoms with Crippen LogP contribution >= 0.6 is 0 Å². The summed E-state index contributed by atoms with van der Waals surface area (Å²) in [4.78, 5) is 8.57. The Kier molecular flexibility index (Phi) is 3.56. The summed E-state index contributed by atoms with van der Waals surface area (Å²) in [5.74, 6) is 1.52. The number of fused-ring (bicyclic) bond motifs is 1. The molecule has 3 aromatic rings. The molecule has 1 unspecified atom stereocenters. The number of aryl methyl sites for hydroxylation is 1. The molecule has 5 nitrogen and oxygen atoms in total. The number of benzene rings is 1. The molecule has 3 rings (SSSR count). The molecule has 1 aromatic carbocycles. The van der Waals surface area contributed by atoms with Gasteiger partial charge in [0.15, 0.2) is 0 Å². The first-order valence-electron chi connectivity index (χ1n) is 7.44. The van der Waals surface area contributed by atoms with Crippen LogP contribution in [0.15, 0.2) is 42.7 Å². The maximum absolute atomic E-state index is 4.39. The zero-order valence-corrected chi connectivity index (χ0v) is 13.4. The Morgan fingerprint density at radius 3 is 2.55 bits per heavy atom. The van der Waals surface area contributed by atoms with Gasteiger partial charge >= 0.3 is 0 Å². The lowest BCUT2D eigenvalue weighted by Crippen LogP contribution is -2.27. The van der Waals surface area contributed by atoms with E-state index in [1.807, 2.05) is 19.1 Å². The lowest BCUT2D eigenvalue weighted by atomic mass is 9.82. The first-order chi connectivity index (χ1) is 10.4. The van der Waals surface area contributed by atoms with Gasteiger partial charge in [-0.25, -0.2) is 4.98 Å². The molecule has 0 fully saturated rings. The lowest BCUT2D eigenvalue weighted by molar-refractivity contribution is 0.346.